The summed E-state index contributed by atoms with van der Waals surface area (Å²) in [5.74, 6) is -3.72. The molecule has 11 heteroatoms. The van der Waals surface area contributed by atoms with Crippen LogP contribution >= 0.6 is 0 Å². The van der Waals surface area contributed by atoms with Gasteiger partial charge in [0.2, 0.25) is 0 Å². The number of carboxylic acids is 2. The minimum absolute atomic E-state index is 0.225. The van der Waals surface area contributed by atoms with Gasteiger partial charge in [0.05, 0.1) is 36.3 Å². The number of alkyl halides is 3. The molecule has 1 aliphatic rings. The zero-order valence-corrected chi connectivity index (χ0v) is 16.6. The highest BCUT2D eigenvalue weighted by molar-refractivity contribution is 5.95. The number of pyridine rings is 1. The van der Waals surface area contributed by atoms with Crippen molar-refractivity contribution in [1.29, 1.82) is 0 Å². The molecule has 3 aromatic rings. The van der Waals surface area contributed by atoms with Crippen LogP contribution in [0, 0.1) is 0 Å². The van der Waals surface area contributed by atoms with Gasteiger partial charge in [-0.05, 0) is 30.2 Å². The van der Waals surface area contributed by atoms with E-state index < -0.39 is 18.1 Å². The van der Waals surface area contributed by atoms with E-state index in [0.29, 0.717) is 11.3 Å². The first-order chi connectivity index (χ1) is 15.1. The summed E-state index contributed by atoms with van der Waals surface area (Å²) < 4.78 is 42.0. The zero-order chi connectivity index (χ0) is 23.3. The maximum Gasteiger partial charge on any atom is 0.490 e. The summed E-state index contributed by atoms with van der Waals surface area (Å²) in [5, 5.41) is 16.7. The van der Waals surface area contributed by atoms with Crippen molar-refractivity contribution in [3.8, 4) is 11.3 Å². The van der Waals surface area contributed by atoms with E-state index in [1.807, 2.05) is 6.07 Å². The molecule has 170 valence electrons. The van der Waals surface area contributed by atoms with Crippen LogP contribution in [-0.4, -0.2) is 51.3 Å². The van der Waals surface area contributed by atoms with Gasteiger partial charge in [0.15, 0.2) is 0 Å². The van der Waals surface area contributed by atoms with E-state index in [4.69, 9.17) is 18.7 Å². The molecule has 0 saturated heterocycles. The van der Waals surface area contributed by atoms with E-state index in [9.17, 15) is 23.1 Å². The quantitative estimate of drug-likeness (QED) is 0.613. The van der Waals surface area contributed by atoms with Crippen molar-refractivity contribution in [2.24, 2.45) is 0 Å². The SMILES string of the molecule is O=C(O)C(F)(F)F.O=C(O)c1cc2c(nc1-c1ccoc1)CCN(Cc1ccoc1)CC2. The van der Waals surface area contributed by atoms with Crippen molar-refractivity contribution in [3.63, 3.8) is 0 Å². The van der Waals surface area contributed by atoms with Crippen LogP contribution in [0.1, 0.15) is 27.2 Å². The fraction of sp³-hybridized carbons (Fsp3) is 0.286. The molecule has 0 radical (unpaired) electrons. The number of nitrogens with zero attached hydrogens (tertiary/aromatic N) is 2. The maximum atomic E-state index is 11.7. The molecule has 4 rings (SSSR count). The molecule has 4 heterocycles. The minimum atomic E-state index is -5.08. The van der Waals surface area contributed by atoms with Crippen LogP contribution in [-0.2, 0) is 24.2 Å². The molecule has 2 N–H and O–H groups in total. The molecule has 0 amide bonds. The number of rotatable bonds is 4. The van der Waals surface area contributed by atoms with Gasteiger partial charge in [-0.2, -0.15) is 13.2 Å². The highest BCUT2D eigenvalue weighted by Gasteiger charge is 2.38. The predicted molar refractivity (Wildman–Crippen MR) is 104 cm³/mol. The second-order valence-corrected chi connectivity index (χ2v) is 7.02. The summed E-state index contributed by atoms with van der Waals surface area (Å²) in [4.78, 5) is 27.6. The van der Waals surface area contributed by atoms with Gasteiger partial charge in [-0.3, -0.25) is 9.88 Å². The molecular weight excluding hydrogens is 433 g/mol. The molecule has 1 aliphatic heterocycles. The monoisotopic (exact) mass is 452 g/mol. The summed E-state index contributed by atoms with van der Waals surface area (Å²) in [5.41, 5.74) is 4.52. The van der Waals surface area contributed by atoms with Crippen LogP contribution in [0.5, 0.6) is 0 Å². The van der Waals surface area contributed by atoms with Crippen molar-refractivity contribution < 1.29 is 41.8 Å². The Balaban J connectivity index is 0.000000360. The number of carbonyl (C=O) groups is 2. The molecule has 0 fully saturated rings. The molecule has 0 aromatic carbocycles. The molecule has 3 aromatic heterocycles. The number of aromatic nitrogens is 1. The molecule has 0 unspecified atom stereocenters. The van der Waals surface area contributed by atoms with Gasteiger partial charge in [-0.25, -0.2) is 9.59 Å². The summed E-state index contributed by atoms with van der Waals surface area (Å²) in [6, 6.07) is 5.48. The Labute approximate surface area is 179 Å². The normalized spacial score (nSPS) is 14.1. The van der Waals surface area contributed by atoms with Gasteiger partial charge in [-0.15, -0.1) is 0 Å². The largest absolute Gasteiger partial charge is 0.490 e. The maximum absolute atomic E-state index is 11.7. The van der Waals surface area contributed by atoms with Crippen LogP contribution in [0.3, 0.4) is 0 Å². The standard InChI is InChI=1S/C19H18N2O4.C2HF3O2/c22-19(23)16-9-14-1-5-21(10-13-3-7-24-11-13)6-2-17(14)20-18(16)15-4-8-25-12-15;3-2(4,5)1(6)7/h3-4,7-9,11-12H,1-2,5-6,10H2,(H,22,23);(H,6,7). The van der Waals surface area contributed by atoms with Gasteiger partial charge >= 0.3 is 18.1 Å². The zero-order valence-electron chi connectivity index (χ0n) is 16.6. The number of fused-ring (bicyclic) bond motifs is 1. The number of halogens is 3. The number of hydrogen-bond acceptors (Lipinski definition) is 6. The van der Waals surface area contributed by atoms with Crippen molar-refractivity contribution in [2.45, 2.75) is 25.6 Å². The fourth-order valence-corrected chi connectivity index (χ4v) is 3.26. The van der Waals surface area contributed by atoms with Crippen molar-refractivity contribution >= 4 is 11.9 Å². The first-order valence-electron chi connectivity index (χ1n) is 9.47. The molecule has 8 nitrogen and oxygen atoms in total. The van der Waals surface area contributed by atoms with Crippen molar-refractivity contribution in [1.82, 2.24) is 9.88 Å². The van der Waals surface area contributed by atoms with Crippen molar-refractivity contribution in [2.75, 3.05) is 13.1 Å². The summed E-state index contributed by atoms with van der Waals surface area (Å²) in [6.07, 6.45) is 2.99. The molecule has 32 heavy (non-hydrogen) atoms. The van der Waals surface area contributed by atoms with Gasteiger partial charge in [-0.1, -0.05) is 0 Å². The Bertz CT molecular complexity index is 1060. The molecule has 0 aliphatic carbocycles. The summed E-state index contributed by atoms with van der Waals surface area (Å²) >= 11 is 0. The Morgan fingerprint density at radius 3 is 2.28 bits per heavy atom. The number of carboxylic acid groups (broad SMARTS) is 2. The van der Waals surface area contributed by atoms with E-state index in [2.05, 4.69) is 9.88 Å². The number of aromatic carboxylic acids is 1. The van der Waals surface area contributed by atoms with Crippen molar-refractivity contribution in [3.05, 3.63) is 65.6 Å². The molecule has 0 bridgehead atoms. The fourth-order valence-electron chi connectivity index (χ4n) is 3.26. The second-order valence-electron chi connectivity index (χ2n) is 7.02. The molecule has 0 spiro atoms. The molecule has 0 atom stereocenters. The van der Waals surface area contributed by atoms with Crippen LogP contribution in [0.25, 0.3) is 11.3 Å². The Morgan fingerprint density at radius 1 is 1.06 bits per heavy atom. The minimum Gasteiger partial charge on any atom is -0.478 e. The lowest BCUT2D eigenvalue weighted by molar-refractivity contribution is -0.192. The number of furan rings is 2. The first kappa shape index (κ1) is 23.1. The topological polar surface area (TPSA) is 117 Å². The lowest BCUT2D eigenvalue weighted by Gasteiger charge is -2.18. The van der Waals surface area contributed by atoms with Gasteiger partial charge in [0.1, 0.15) is 0 Å². The third-order valence-corrected chi connectivity index (χ3v) is 4.81. The van der Waals surface area contributed by atoms with Gasteiger partial charge in [0.25, 0.3) is 0 Å². The van der Waals surface area contributed by atoms with E-state index in [-0.39, 0.29) is 5.56 Å². The predicted octanol–water partition coefficient (Wildman–Crippen LogP) is 3.87. The third-order valence-electron chi connectivity index (χ3n) is 4.81. The van der Waals surface area contributed by atoms with E-state index in [1.54, 1.807) is 24.7 Å². The van der Waals surface area contributed by atoms with E-state index in [1.165, 1.54) is 12.5 Å². The molecular formula is C21H19F3N2O6. The Kier molecular flexibility index (Phi) is 6.98. The van der Waals surface area contributed by atoms with Crippen LogP contribution < -0.4 is 0 Å². The average Bonchev–Trinajstić information content (AvgIpc) is 3.40. The summed E-state index contributed by atoms with van der Waals surface area (Å²) in [7, 11) is 0. The highest BCUT2D eigenvalue weighted by Crippen LogP contribution is 2.27. The third kappa shape index (κ3) is 5.76. The van der Waals surface area contributed by atoms with Gasteiger partial charge < -0.3 is 19.0 Å². The van der Waals surface area contributed by atoms with Crippen LogP contribution in [0.4, 0.5) is 13.2 Å². The lowest BCUT2D eigenvalue weighted by atomic mass is 10.0. The highest BCUT2D eigenvalue weighted by atomic mass is 19.4. The molecule has 0 saturated carbocycles. The second kappa shape index (κ2) is 9.69. The van der Waals surface area contributed by atoms with E-state index in [0.717, 1.165) is 49.3 Å². The first-order valence-corrected chi connectivity index (χ1v) is 9.47. The Hall–Kier alpha value is -3.60. The number of hydrogen-bond donors (Lipinski definition) is 2. The lowest BCUT2D eigenvalue weighted by Crippen LogP contribution is -2.25. The van der Waals surface area contributed by atoms with Crippen LogP contribution in [0.15, 0.2) is 52.1 Å². The number of aliphatic carboxylic acids is 1. The smallest absolute Gasteiger partial charge is 0.478 e. The van der Waals surface area contributed by atoms with Crippen LogP contribution in [0.2, 0.25) is 0 Å². The van der Waals surface area contributed by atoms with E-state index >= 15 is 0 Å². The van der Waals surface area contributed by atoms with Gasteiger partial charge in [0, 0.05) is 42.9 Å². The average molecular weight is 452 g/mol. The Morgan fingerprint density at radius 2 is 1.72 bits per heavy atom. The summed E-state index contributed by atoms with van der Waals surface area (Å²) in [6.45, 7) is 2.57.